The Balaban J connectivity index is 2.55. The second-order valence-electron chi connectivity index (χ2n) is 5.05. The summed E-state index contributed by atoms with van der Waals surface area (Å²) in [7, 11) is 1.77. The van der Waals surface area contributed by atoms with E-state index in [9.17, 15) is 0 Å². The topological polar surface area (TPSA) is 38.5 Å². The van der Waals surface area contributed by atoms with Crippen LogP contribution in [0.1, 0.15) is 33.1 Å². The van der Waals surface area contributed by atoms with Gasteiger partial charge in [-0.3, -0.25) is 4.90 Å². The van der Waals surface area contributed by atoms with E-state index in [4.69, 9.17) is 10.5 Å². The van der Waals surface area contributed by atoms with Gasteiger partial charge in [-0.25, -0.2) is 0 Å². The van der Waals surface area contributed by atoms with E-state index in [0.29, 0.717) is 0 Å². The third kappa shape index (κ3) is 3.16. The lowest BCUT2D eigenvalue weighted by Crippen LogP contribution is -2.54. The minimum atomic E-state index is 0.288. The van der Waals surface area contributed by atoms with Crippen molar-refractivity contribution < 1.29 is 4.74 Å². The average molecular weight is 214 g/mol. The van der Waals surface area contributed by atoms with Gasteiger partial charge in [0.1, 0.15) is 0 Å². The Morgan fingerprint density at radius 2 is 2.20 bits per heavy atom. The molecule has 0 aromatic carbocycles. The molecule has 1 aliphatic rings. The highest BCUT2D eigenvalue weighted by atomic mass is 16.5. The van der Waals surface area contributed by atoms with E-state index in [-0.39, 0.29) is 5.54 Å². The van der Waals surface area contributed by atoms with Crippen molar-refractivity contribution in [2.75, 3.05) is 33.4 Å². The summed E-state index contributed by atoms with van der Waals surface area (Å²) in [6, 6.07) is 0. The fourth-order valence-electron chi connectivity index (χ4n) is 2.73. The fraction of sp³-hybridized carbons (Fsp3) is 1.00. The molecule has 15 heavy (non-hydrogen) atoms. The first-order valence-electron chi connectivity index (χ1n) is 6.07. The molecule has 1 fully saturated rings. The second-order valence-corrected chi connectivity index (χ2v) is 5.05. The Morgan fingerprint density at radius 3 is 2.80 bits per heavy atom. The van der Waals surface area contributed by atoms with Gasteiger partial charge in [-0.1, -0.05) is 0 Å². The van der Waals surface area contributed by atoms with Crippen LogP contribution in [-0.4, -0.2) is 43.8 Å². The standard InChI is InChI=1S/C12H26N2O/c1-12(2)11(6-7-13)5-4-8-14(12)9-10-15-3/h11H,4-10,13H2,1-3H3. The first kappa shape index (κ1) is 12.9. The molecule has 1 saturated heterocycles. The van der Waals surface area contributed by atoms with E-state index in [0.717, 1.165) is 32.0 Å². The molecule has 3 heteroatoms. The van der Waals surface area contributed by atoms with Crippen molar-refractivity contribution >= 4 is 0 Å². The molecule has 0 amide bonds. The van der Waals surface area contributed by atoms with Gasteiger partial charge in [0.25, 0.3) is 0 Å². The number of nitrogens with two attached hydrogens (primary N) is 1. The number of ether oxygens (including phenoxy) is 1. The summed E-state index contributed by atoms with van der Waals surface area (Å²) in [6.45, 7) is 8.59. The summed E-state index contributed by atoms with van der Waals surface area (Å²) in [5, 5.41) is 0. The van der Waals surface area contributed by atoms with Crippen LogP contribution < -0.4 is 5.73 Å². The maximum atomic E-state index is 5.68. The van der Waals surface area contributed by atoms with Crippen LogP contribution in [0.4, 0.5) is 0 Å². The highest BCUT2D eigenvalue weighted by Crippen LogP contribution is 2.34. The predicted octanol–water partition coefficient (Wildman–Crippen LogP) is 1.47. The molecule has 0 aromatic rings. The van der Waals surface area contributed by atoms with Gasteiger partial charge in [-0.2, -0.15) is 0 Å². The van der Waals surface area contributed by atoms with Crippen LogP contribution in [0.15, 0.2) is 0 Å². The van der Waals surface area contributed by atoms with Crippen LogP contribution >= 0.6 is 0 Å². The highest BCUT2D eigenvalue weighted by Gasteiger charge is 2.37. The summed E-state index contributed by atoms with van der Waals surface area (Å²) in [5.74, 6) is 0.744. The Morgan fingerprint density at radius 1 is 1.47 bits per heavy atom. The lowest BCUT2D eigenvalue weighted by Gasteiger charge is -2.48. The van der Waals surface area contributed by atoms with Gasteiger partial charge in [-0.05, 0) is 52.1 Å². The van der Waals surface area contributed by atoms with Crippen molar-refractivity contribution in [2.45, 2.75) is 38.6 Å². The molecular formula is C12H26N2O. The predicted molar refractivity (Wildman–Crippen MR) is 63.9 cm³/mol. The molecule has 90 valence electrons. The van der Waals surface area contributed by atoms with E-state index >= 15 is 0 Å². The van der Waals surface area contributed by atoms with Gasteiger partial charge in [-0.15, -0.1) is 0 Å². The van der Waals surface area contributed by atoms with E-state index in [1.165, 1.54) is 19.4 Å². The molecule has 0 radical (unpaired) electrons. The maximum absolute atomic E-state index is 5.68. The molecular weight excluding hydrogens is 188 g/mol. The van der Waals surface area contributed by atoms with E-state index < -0.39 is 0 Å². The minimum Gasteiger partial charge on any atom is -0.383 e. The third-order valence-electron chi connectivity index (χ3n) is 3.88. The Labute approximate surface area is 94.0 Å². The van der Waals surface area contributed by atoms with Gasteiger partial charge in [0.2, 0.25) is 0 Å². The molecule has 1 aliphatic heterocycles. The first-order chi connectivity index (χ1) is 7.12. The van der Waals surface area contributed by atoms with E-state index in [1.54, 1.807) is 7.11 Å². The zero-order valence-electron chi connectivity index (χ0n) is 10.5. The number of methoxy groups -OCH3 is 1. The average Bonchev–Trinajstić information content (AvgIpc) is 2.19. The largest absolute Gasteiger partial charge is 0.383 e. The van der Waals surface area contributed by atoms with Crippen LogP contribution in [0.3, 0.4) is 0 Å². The van der Waals surface area contributed by atoms with Gasteiger partial charge in [0.15, 0.2) is 0 Å². The van der Waals surface area contributed by atoms with Crippen molar-refractivity contribution in [1.82, 2.24) is 4.90 Å². The molecule has 3 nitrogen and oxygen atoms in total. The van der Waals surface area contributed by atoms with Gasteiger partial charge >= 0.3 is 0 Å². The van der Waals surface area contributed by atoms with Crippen LogP contribution in [0, 0.1) is 5.92 Å². The van der Waals surface area contributed by atoms with Crippen molar-refractivity contribution in [1.29, 1.82) is 0 Å². The fourth-order valence-corrected chi connectivity index (χ4v) is 2.73. The molecule has 2 N–H and O–H groups in total. The molecule has 0 saturated carbocycles. The number of nitrogens with zero attached hydrogens (tertiary/aromatic N) is 1. The molecule has 1 unspecified atom stereocenters. The number of hydrogen-bond donors (Lipinski definition) is 1. The number of piperidine rings is 1. The molecule has 0 aliphatic carbocycles. The van der Waals surface area contributed by atoms with Crippen LogP contribution in [0.2, 0.25) is 0 Å². The zero-order valence-corrected chi connectivity index (χ0v) is 10.5. The van der Waals surface area contributed by atoms with Crippen molar-refractivity contribution in [3.8, 4) is 0 Å². The normalized spacial score (nSPS) is 26.8. The summed E-state index contributed by atoms with van der Waals surface area (Å²) < 4.78 is 5.17. The minimum absolute atomic E-state index is 0.288. The zero-order chi connectivity index (χ0) is 11.3. The quantitative estimate of drug-likeness (QED) is 0.753. The Kier molecular flexibility index (Phi) is 5.03. The van der Waals surface area contributed by atoms with Crippen molar-refractivity contribution in [2.24, 2.45) is 11.7 Å². The van der Waals surface area contributed by atoms with Gasteiger partial charge in [0.05, 0.1) is 6.61 Å². The van der Waals surface area contributed by atoms with Gasteiger partial charge < -0.3 is 10.5 Å². The summed E-state index contributed by atoms with van der Waals surface area (Å²) in [6.07, 6.45) is 3.78. The Hall–Kier alpha value is -0.120. The summed E-state index contributed by atoms with van der Waals surface area (Å²) in [4.78, 5) is 2.56. The summed E-state index contributed by atoms with van der Waals surface area (Å²) in [5.41, 5.74) is 5.97. The van der Waals surface area contributed by atoms with Crippen LogP contribution in [0.5, 0.6) is 0 Å². The number of rotatable bonds is 5. The second kappa shape index (κ2) is 5.83. The Bertz CT molecular complexity index is 180. The molecule has 1 heterocycles. The lowest BCUT2D eigenvalue weighted by atomic mass is 9.77. The maximum Gasteiger partial charge on any atom is 0.0589 e. The summed E-state index contributed by atoms with van der Waals surface area (Å²) >= 11 is 0. The SMILES string of the molecule is COCCN1CCCC(CCN)C1(C)C. The molecule has 0 spiro atoms. The number of hydrogen-bond acceptors (Lipinski definition) is 3. The third-order valence-corrected chi connectivity index (χ3v) is 3.88. The molecule has 1 rings (SSSR count). The van der Waals surface area contributed by atoms with Crippen LogP contribution in [0.25, 0.3) is 0 Å². The molecule has 0 aromatic heterocycles. The lowest BCUT2D eigenvalue weighted by molar-refractivity contribution is 0.00239. The molecule has 0 bridgehead atoms. The van der Waals surface area contributed by atoms with Crippen LogP contribution in [-0.2, 0) is 4.74 Å². The van der Waals surface area contributed by atoms with Gasteiger partial charge in [0, 0.05) is 19.2 Å². The highest BCUT2D eigenvalue weighted by molar-refractivity contribution is 4.92. The first-order valence-corrected chi connectivity index (χ1v) is 6.07. The van der Waals surface area contributed by atoms with E-state index in [2.05, 4.69) is 18.7 Å². The van der Waals surface area contributed by atoms with Crippen molar-refractivity contribution in [3.05, 3.63) is 0 Å². The smallest absolute Gasteiger partial charge is 0.0589 e. The molecule has 1 atom stereocenters. The monoisotopic (exact) mass is 214 g/mol. The number of likely N-dealkylation sites (tertiary alicyclic amines) is 1. The van der Waals surface area contributed by atoms with E-state index in [1.807, 2.05) is 0 Å². The van der Waals surface area contributed by atoms with Crippen molar-refractivity contribution in [3.63, 3.8) is 0 Å².